The van der Waals surface area contributed by atoms with Crippen molar-refractivity contribution in [2.24, 2.45) is 0 Å². The second-order valence-electron chi connectivity index (χ2n) is 7.18. The fourth-order valence-corrected chi connectivity index (χ4v) is 4.84. The minimum atomic E-state index is -0.149. The molecule has 2 aliphatic rings. The van der Waals surface area contributed by atoms with Crippen LogP contribution in [0.5, 0.6) is 0 Å². The highest BCUT2D eigenvalue weighted by Crippen LogP contribution is 2.52. The molecular weight excluding hydrogens is 403 g/mol. The number of nitrogens with zero attached hydrogens (tertiary/aromatic N) is 2. The van der Waals surface area contributed by atoms with Crippen LogP contribution in [0.4, 0.5) is 11.5 Å². The van der Waals surface area contributed by atoms with E-state index < -0.39 is 0 Å². The average Bonchev–Trinajstić information content (AvgIpc) is 3.24. The van der Waals surface area contributed by atoms with Crippen LogP contribution in [0.3, 0.4) is 0 Å². The van der Waals surface area contributed by atoms with Crippen LogP contribution >= 0.6 is 34.8 Å². The highest BCUT2D eigenvalue weighted by Gasteiger charge is 2.47. The van der Waals surface area contributed by atoms with E-state index in [1.54, 1.807) is 0 Å². The highest BCUT2D eigenvalue weighted by atomic mass is 35.5. The van der Waals surface area contributed by atoms with Crippen LogP contribution in [0.25, 0.3) is 0 Å². The topological polar surface area (TPSA) is 44.0 Å². The maximum absolute atomic E-state index is 6.42. The number of halogens is 3. The van der Waals surface area contributed by atoms with E-state index in [0.717, 1.165) is 42.6 Å². The zero-order valence-corrected chi connectivity index (χ0v) is 16.7. The maximum atomic E-state index is 6.42. The van der Waals surface area contributed by atoms with Crippen LogP contribution in [0, 0.1) is 0 Å². The van der Waals surface area contributed by atoms with Gasteiger partial charge in [-0.1, -0.05) is 46.9 Å². The van der Waals surface area contributed by atoms with E-state index >= 15 is 0 Å². The number of aromatic nitrogens is 2. The Morgan fingerprint density at radius 1 is 1.04 bits per heavy atom. The lowest BCUT2D eigenvalue weighted by atomic mass is 9.73. The molecule has 0 radical (unpaired) electrons. The van der Waals surface area contributed by atoms with E-state index in [-0.39, 0.29) is 5.41 Å². The number of hydrogen-bond donors (Lipinski definition) is 2. The van der Waals surface area contributed by atoms with E-state index in [9.17, 15) is 0 Å². The standard InChI is InChI=1S/C20H17Cl3N4/c21-13-3-1-12(2-4-13)10-27-11-20(5-6-24-19-15(20)9-25-26-19)14-7-16(22)17(23)8-18(14)27/h1-4,7-9H,5-6,10-11H2,(H2,24,25,26)/t20-/m1/s1. The molecule has 138 valence electrons. The van der Waals surface area contributed by atoms with E-state index in [2.05, 4.69) is 32.5 Å². The fraction of sp³-hybridized carbons (Fsp3) is 0.250. The van der Waals surface area contributed by atoms with Crippen molar-refractivity contribution in [3.8, 4) is 0 Å². The predicted molar refractivity (Wildman–Crippen MR) is 111 cm³/mol. The van der Waals surface area contributed by atoms with Gasteiger partial charge in [-0.05, 0) is 41.8 Å². The quantitative estimate of drug-likeness (QED) is 0.577. The molecule has 1 atom stereocenters. The summed E-state index contributed by atoms with van der Waals surface area (Å²) in [6, 6.07) is 12.0. The van der Waals surface area contributed by atoms with E-state index in [4.69, 9.17) is 34.8 Å². The molecule has 1 aromatic heterocycles. The molecule has 0 bridgehead atoms. The summed E-state index contributed by atoms with van der Waals surface area (Å²) in [7, 11) is 0. The van der Waals surface area contributed by atoms with E-state index in [0.29, 0.717) is 10.0 Å². The molecule has 5 rings (SSSR count). The molecular formula is C20H17Cl3N4. The lowest BCUT2D eigenvalue weighted by Crippen LogP contribution is -2.39. The van der Waals surface area contributed by atoms with Crippen LogP contribution in [0.15, 0.2) is 42.6 Å². The molecule has 27 heavy (non-hydrogen) atoms. The Morgan fingerprint density at radius 2 is 1.81 bits per heavy atom. The molecule has 2 N–H and O–H groups in total. The van der Waals surface area contributed by atoms with Crippen molar-refractivity contribution < 1.29 is 0 Å². The summed E-state index contributed by atoms with van der Waals surface area (Å²) in [6.07, 6.45) is 2.90. The smallest absolute Gasteiger partial charge is 0.125 e. The molecule has 3 aromatic rings. The summed E-state index contributed by atoms with van der Waals surface area (Å²) < 4.78 is 0. The van der Waals surface area contributed by atoms with Gasteiger partial charge < -0.3 is 10.2 Å². The summed E-state index contributed by atoms with van der Waals surface area (Å²) >= 11 is 18.8. The molecule has 4 nitrogen and oxygen atoms in total. The summed E-state index contributed by atoms with van der Waals surface area (Å²) in [6.45, 7) is 2.52. The van der Waals surface area contributed by atoms with Crippen molar-refractivity contribution >= 4 is 46.3 Å². The molecule has 0 saturated heterocycles. The molecule has 0 unspecified atom stereocenters. The number of fused-ring (bicyclic) bond motifs is 4. The number of H-pyrrole nitrogens is 1. The van der Waals surface area contributed by atoms with Gasteiger partial charge in [-0.25, -0.2) is 0 Å². The van der Waals surface area contributed by atoms with E-state index in [1.807, 2.05) is 30.5 Å². The van der Waals surface area contributed by atoms with Gasteiger partial charge in [-0.15, -0.1) is 0 Å². The first-order valence-corrected chi connectivity index (χ1v) is 9.97. The van der Waals surface area contributed by atoms with Crippen LogP contribution in [0.1, 0.15) is 23.1 Å². The Labute approximate surface area is 172 Å². The fourth-order valence-electron chi connectivity index (χ4n) is 4.39. The van der Waals surface area contributed by atoms with Gasteiger partial charge >= 0.3 is 0 Å². The largest absolute Gasteiger partial charge is 0.370 e. The van der Waals surface area contributed by atoms with Gasteiger partial charge in [0.05, 0.1) is 16.2 Å². The van der Waals surface area contributed by atoms with Gasteiger partial charge in [-0.3, -0.25) is 5.10 Å². The molecule has 1 spiro atoms. The van der Waals surface area contributed by atoms with Crippen molar-refractivity contribution in [1.29, 1.82) is 0 Å². The normalized spacial score (nSPS) is 20.5. The minimum Gasteiger partial charge on any atom is -0.370 e. The highest BCUT2D eigenvalue weighted by molar-refractivity contribution is 6.42. The zero-order chi connectivity index (χ0) is 18.6. The lowest BCUT2D eigenvalue weighted by Gasteiger charge is -2.35. The monoisotopic (exact) mass is 418 g/mol. The Kier molecular flexibility index (Phi) is 4.04. The Bertz CT molecular complexity index is 1010. The summed E-state index contributed by atoms with van der Waals surface area (Å²) in [5.41, 5.74) is 4.59. The average molecular weight is 420 g/mol. The summed E-state index contributed by atoms with van der Waals surface area (Å²) in [4.78, 5) is 2.38. The van der Waals surface area contributed by atoms with E-state index in [1.165, 1.54) is 16.7 Å². The third kappa shape index (κ3) is 2.70. The molecule has 0 saturated carbocycles. The summed E-state index contributed by atoms with van der Waals surface area (Å²) in [5.74, 6) is 0.992. The van der Waals surface area contributed by atoms with Gasteiger partial charge in [0, 0.05) is 41.3 Å². The molecule has 2 aliphatic heterocycles. The molecule has 0 fully saturated rings. The first-order chi connectivity index (χ1) is 13.1. The number of anilines is 2. The van der Waals surface area contributed by atoms with Gasteiger partial charge in [0.25, 0.3) is 0 Å². The molecule has 0 aliphatic carbocycles. The molecule has 0 amide bonds. The lowest BCUT2D eigenvalue weighted by molar-refractivity contribution is 0.495. The van der Waals surface area contributed by atoms with Crippen molar-refractivity contribution in [2.75, 3.05) is 23.3 Å². The van der Waals surface area contributed by atoms with Crippen LogP contribution < -0.4 is 10.2 Å². The van der Waals surface area contributed by atoms with Crippen LogP contribution in [-0.2, 0) is 12.0 Å². The second-order valence-corrected chi connectivity index (χ2v) is 8.43. The zero-order valence-electron chi connectivity index (χ0n) is 14.4. The Hall–Kier alpha value is -1.88. The number of rotatable bonds is 2. The SMILES string of the molecule is Clc1ccc(CN2C[C@]3(CCNc4[nH]ncc43)c3cc(Cl)c(Cl)cc32)cc1. The molecule has 3 heterocycles. The molecule has 7 heteroatoms. The first kappa shape index (κ1) is 17.2. The van der Waals surface area contributed by atoms with Gasteiger partial charge in [0.15, 0.2) is 0 Å². The first-order valence-electron chi connectivity index (χ1n) is 8.83. The second kappa shape index (κ2) is 6.33. The number of benzene rings is 2. The van der Waals surface area contributed by atoms with Gasteiger partial charge in [-0.2, -0.15) is 5.10 Å². The van der Waals surface area contributed by atoms with Crippen molar-refractivity contribution in [1.82, 2.24) is 10.2 Å². The Morgan fingerprint density at radius 3 is 2.63 bits per heavy atom. The number of hydrogen-bond acceptors (Lipinski definition) is 3. The minimum absolute atomic E-state index is 0.149. The van der Waals surface area contributed by atoms with Crippen molar-refractivity contribution in [2.45, 2.75) is 18.4 Å². The predicted octanol–water partition coefficient (Wildman–Crippen LogP) is 5.49. The number of nitrogens with one attached hydrogen (secondary N) is 2. The van der Waals surface area contributed by atoms with Crippen molar-refractivity contribution in [3.05, 3.63) is 74.4 Å². The van der Waals surface area contributed by atoms with Gasteiger partial charge in [0.2, 0.25) is 0 Å². The maximum Gasteiger partial charge on any atom is 0.125 e. The van der Waals surface area contributed by atoms with Crippen LogP contribution in [-0.4, -0.2) is 23.3 Å². The third-order valence-electron chi connectivity index (χ3n) is 5.65. The summed E-state index contributed by atoms with van der Waals surface area (Å²) in [5, 5.41) is 12.7. The van der Waals surface area contributed by atoms with Gasteiger partial charge in [0.1, 0.15) is 5.82 Å². The molecule has 2 aromatic carbocycles. The number of aromatic amines is 1. The van der Waals surface area contributed by atoms with Crippen LogP contribution in [0.2, 0.25) is 15.1 Å². The third-order valence-corrected chi connectivity index (χ3v) is 6.62. The van der Waals surface area contributed by atoms with Crippen molar-refractivity contribution in [3.63, 3.8) is 0 Å². The Balaban J connectivity index is 1.63.